The summed E-state index contributed by atoms with van der Waals surface area (Å²) in [6, 6.07) is 5.02. The Morgan fingerprint density at radius 1 is 1.50 bits per heavy atom. The first-order valence-corrected chi connectivity index (χ1v) is 8.90. The van der Waals surface area contributed by atoms with Gasteiger partial charge in [-0.2, -0.15) is 0 Å². The van der Waals surface area contributed by atoms with E-state index in [1.807, 2.05) is 13.1 Å². The lowest BCUT2D eigenvalue weighted by Gasteiger charge is -2.24. The fourth-order valence-corrected chi connectivity index (χ4v) is 3.10. The minimum atomic E-state index is -0.176. The molecular formula is C17H26BrFIN3O. The molecule has 0 aromatic heterocycles. The first-order valence-electron chi connectivity index (χ1n) is 8.11. The van der Waals surface area contributed by atoms with Crippen LogP contribution in [0, 0.1) is 11.7 Å². The summed E-state index contributed by atoms with van der Waals surface area (Å²) in [5.41, 5.74) is 0.686. The van der Waals surface area contributed by atoms with Gasteiger partial charge in [0.25, 0.3) is 0 Å². The van der Waals surface area contributed by atoms with Gasteiger partial charge in [-0.15, -0.1) is 24.0 Å². The maximum absolute atomic E-state index is 13.8. The van der Waals surface area contributed by atoms with E-state index in [2.05, 4.69) is 38.1 Å². The molecule has 1 aliphatic heterocycles. The minimum Gasteiger partial charge on any atom is -0.381 e. The number of nitrogens with one attached hydrogen (secondary N) is 1. The summed E-state index contributed by atoms with van der Waals surface area (Å²) in [6.07, 6.45) is 1.69. The minimum absolute atomic E-state index is 0. The van der Waals surface area contributed by atoms with Gasteiger partial charge in [0.2, 0.25) is 0 Å². The molecule has 1 aliphatic rings. The molecule has 4 nitrogen and oxygen atoms in total. The molecule has 1 aromatic rings. The van der Waals surface area contributed by atoms with Gasteiger partial charge in [0, 0.05) is 43.7 Å². The number of hydrogen-bond acceptors (Lipinski definition) is 2. The fraction of sp³-hybridized carbons (Fsp3) is 0.588. The van der Waals surface area contributed by atoms with Crippen molar-refractivity contribution in [1.82, 2.24) is 10.2 Å². The smallest absolute Gasteiger partial charge is 0.193 e. The van der Waals surface area contributed by atoms with Crippen LogP contribution in [0.1, 0.15) is 18.9 Å². The highest BCUT2D eigenvalue weighted by Crippen LogP contribution is 2.16. The van der Waals surface area contributed by atoms with Crippen LogP contribution in [-0.2, 0) is 11.2 Å². The zero-order valence-corrected chi connectivity index (χ0v) is 18.1. The standard InChI is InChI=1S/C17H25BrFN3O.HI/c1-3-20-17(22(2)11-13-7-9-23-12-13)21-8-6-14-10-15(18)4-5-16(14)19;/h4-5,10,13H,3,6-9,11-12H2,1-2H3,(H,20,21);1H. The van der Waals surface area contributed by atoms with Crippen molar-refractivity contribution < 1.29 is 9.13 Å². The Balaban J connectivity index is 0.00000288. The lowest BCUT2D eigenvalue weighted by molar-refractivity contribution is 0.181. The highest BCUT2D eigenvalue weighted by atomic mass is 127. The van der Waals surface area contributed by atoms with Gasteiger partial charge in [-0.05, 0) is 43.5 Å². The average molecular weight is 514 g/mol. The first kappa shape index (κ1) is 21.6. The number of rotatable bonds is 6. The molecule has 2 rings (SSSR count). The summed E-state index contributed by atoms with van der Waals surface area (Å²) >= 11 is 3.38. The molecule has 1 unspecified atom stereocenters. The number of ether oxygens (including phenoxy) is 1. The van der Waals surface area contributed by atoms with Crippen LogP contribution >= 0.6 is 39.9 Å². The van der Waals surface area contributed by atoms with E-state index in [4.69, 9.17) is 4.74 Å². The Kier molecular flexibility index (Phi) is 10.1. The molecule has 0 amide bonds. The van der Waals surface area contributed by atoms with Crippen molar-refractivity contribution in [1.29, 1.82) is 0 Å². The molecule has 0 radical (unpaired) electrons. The van der Waals surface area contributed by atoms with Crippen molar-refractivity contribution in [2.24, 2.45) is 10.9 Å². The van der Waals surface area contributed by atoms with Crippen molar-refractivity contribution in [3.05, 3.63) is 34.1 Å². The molecule has 1 aromatic carbocycles. The van der Waals surface area contributed by atoms with Crippen LogP contribution in [0.25, 0.3) is 0 Å². The van der Waals surface area contributed by atoms with Gasteiger partial charge in [-0.3, -0.25) is 4.99 Å². The highest BCUT2D eigenvalue weighted by Gasteiger charge is 2.19. The van der Waals surface area contributed by atoms with Gasteiger partial charge >= 0.3 is 0 Å². The zero-order valence-electron chi connectivity index (χ0n) is 14.2. The number of hydrogen-bond donors (Lipinski definition) is 1. The Morgan fingerprint density at radius 3 is 2.96 bits per heavy atom. The zero-order chi connectivity index (χ0) is 16.7. The third kappa shape index (κ3) is 6.84. The van der Waals surface area contributed by atoms with Crippen LogP contribution in [0.3, 0.4) is 0 Å². The summed E-state index contributed by atoms with van der Waals surface area (Å²) in [5, 5.41) is 3.30. The number of halogens is 3. The molecule has 1 atom stereocenters. The molecule has 0 aliphatic carbocycles. The quantitative estimate of drug-likeness (QED) is 0.358. The maximum atomic E-state index is 13.8. The predicted molar refractivity (Wildman–Crippen MR) is 111 cm³/mol. The van der Waals surface area contributed by atoms with Gasteiger partial charge in [-0.1, -0.05) is 15.9 Å². The van der Waals surface area contributed by atoms with Gasteiger partial charge < -0.3 is 15.0 Å². The molecule has 0 saturated carbocycles. The molecule has 7 heteroatoms. The van der Waals surface area contributed by atoms with E-state index in [9.17, 15) is 4.39 Å². The second kappa shape index (κ2) is 11.3. The van der Waals surface area contributed by atoms with Crippen molar-refractivity contribution in [2.45, 2.75) is 19.8 Å². The molecule has 1 heterocycles. The Morgan fingerprint density at radius 2 is 2.29 bits per heavy atom. The summed E-state index contributed by atoms with van der Waals surface area (Å²) in [7, 11) is 2.04. The van der Waals surface area contributed by atoms with Crippen LogP contribution in [0.2, 0.25) is 0 Å². The molecule has 1 fully saturated rings. The van der Waals surface area contributed by atoms with E-state index >= 15 is 0 Å². The Hall–Kier alpha value is -0.410. The van der Waals surface area contributed by atoms with E-state index in [1.54, 1.807) is 6.07 Å². The largest absolute Gasteiger partial charge is 0.381 e. The molecule has 0 bridgehead atoms. The first-order chi connectivity index (χ1) is 11.1. The number of nitrogens with zero attached hydrogens (tertiary/aromatic N) is 2. The predicted octanol–water partition coefficient (Wildman–Crippen LogP) is 3.68. The van der Waals surface area contributed by atoms with Crippen molar-refractivity contribution in [3.8, 4) is 0 Å². The lowest BCUT2D eigenvalue weighted by atomic mass is 10.1. The number of guanidine groups is 1. The fourth-order valence-electron chi connectivity index (χ4n) is 2.69. The Bertz CT molecular complexity index is 539. The molecule has 1 saturated heterocycles. The van der Waals surface area contributed by atoms with Crippen molar-refractivity contribution >= 4 is 45.9 Å². The third-order valence-electron chi connectivity index (χ3n) is 3.90. The highest BCUT2D eigenvalue weighted by molar-refractivity contribution is 14.0. The van der Waals surface area contributed by atoms with Gasteiger partial charge in [0.15, 0.2) is 5.96 Å². The normalized spacial score (nSPS) is 17.5. The second-order valence-corrected chi connectivity index (χ2v) is 6.75. The van der Waals surface area contributed by atoms with Crippen LogP contribution in [0.15, 0.2) is 27.7 Å². The number of aliphatic imine (C=N–C) groups is 1. The monoisotopic (exact) mass is 513 g/mol. The molecular weight excluding hydrogens is 488 g/mol. The van der Waals surface area contributed by atoms with Gasteiger partial charge in [0.05, 0.1) is 6.61 Å². The topological polar surface area (TPSA) is 36.9 Å². The molecule has 136 valence electrons. The van der Waals surface area contributed by atoms with Crippen LogP contribution in [0.5, 0.6) is 0 Å². The Labute approximate surface area is 169 Å². The lowest BCUT2D eigenvalue weighted by Crippen LogP contribution is -2.41. The second-order valence-electron chi connectivity index (χ2n) is 5.83. The number of benzene rings is 1. The SMILES string of the molecule is CCNC(=NCCc1cc(Br)ccc1F)N(C)CC1CCOC1.I. The van der Waals surface area contributed by atoms with Crippen molar-refractivity contribution in [3.63, 3.8) is 0 Å². The molecule has 24 heavy (non-hydrogen) atoms. The van der Waals surface area contributed by atoms with E-state index in [0.717, 1.165) is 43.2 Å². The average Bonchev–Trinajstić information content (AvgIpc) is 3.02. The van der Waals surface area contributed by atoms with E-state index in [0.29, 0.717) is 24.4 Å². The van der Waals surface area contributed by atoms with Gasteiger partial charge in [-0.25, -0.2) is 4.39 Å². The summed E-state index contributed by atoms with van der Waals surface area (Å²) in [6.45, 7) is 6.03. The van der Waals surface area contributed by atoms with E-state index in [-0.39, 0.29) is 29.8 Å². The summed E-state index contributed by atoms with van der Waals surface area (Å²) < 4.78 is 20.1. The maximum Gasteiger partial charge on any atom is 0.193 e. The van der Waals surface area contributed by atoms with Crippen LogP contribution in [-0.4, -0.2) is 50.8 Å². The van der Waals surface area contributed by atoms with Crippen LogP contribution < -0.4 is 5.32 Å². The summed E-state index contributed by atoms with van der Waals surface area (Å²) in [5.74, 6) is 1.26. The summed E-state index contributed by atoms with van der Waals surface area (Å²) in [4.78, 5) is 6.77. The molecule has 1 N–H and O–H groups in total. The van der Waals surface area contributed by atoms with Gasteiger partial charge in [0.1, 0.15) is 5.82 Å². The van der Waals surface area contributed by atoms with Crippen molar-refractivity contribution in [2.75, 3.05) is 39.9 Å². The molecule has 0 spiro atoms. The van der Waals surface area contributed by atoms with E-state index in [1.165, 1.54) is 6.07 Å². The van der Waals surface area contributed by atoms with E-state index < -0.39 is 0 Å². The third-order valence-corrected chi connectivity index (χ3v) is 4.40. The van der Waals surface area contributed by atoms with Crippen LogP contribution in [0.4, 0.5) is 4.39 Å².